The molecule has 7 nitrogen and oxygen atoms in total. The van der Waals surface area contributed by atoms with Crippen LogP contribution in [0.2, 0.25) is 0 Å². The number of fused-ring (bicyclic) bond motifs is 1. The van der Waals surface area contributed by atoms with Gasteiger partial charge in [-0.1, -0.05) is 6.92 Å². The van der Waals surface area contributed by atoms with Crippen LogP contribution in [0.25, 0.3) is 11.0 Å². The van der Waals surface area contributed by atoms with Gasteiger partial charge in [0.05, 0.1) is 11.5 Å². The van der Waals surface area contributed by atoms with Gasteiger partial charge in [-0.25, -0.2) is 9.97 Å². The van der Waals surface area contributed by atoms with E-state index in [2.05, 4.69) is 29.5 Å². The zero-order valence-electron chi connectivity index (χ0n) is 13.5. The van der Waals surface area contributed by atoms with E-state index in [0.29, 0.717) is 11.7 Å². The molecule has 1 fully saturated rings. The maximum atomic E-state index is 8.08. The first kappa shape index (κ1) is 18.0. The highest BCUT2D eigenvalue weighted by atomic mass is 32.1. The Morgan fingerprint density at radius 1 is 1.43 bits per heavy atom. The van der Waals surface area contributed by atoms with Gasteiger partial charge >= 0.3 is 0 Å². The molecule has 1 saturated heterocycles. The van der Waals surface area contributed by atoms with Crippen LogP contribution in [0, 0.1) is 5.92 Å². The van der Waals surface area contributed by atoms with Gasteiger partial charge in [0.25, 0.3) is 0 Å². The normalized spacial score (nSPS) is 24.5. The Hall–Kier alpha value is -1.35. The standard InChI is InChI=1S/C12H16N4OS.C3H8O2/c1-7-4-10(17-9(7)5-18)16-3-2-8-11(13)14-6-15-12(8)16;1-3(2,4)5/h2-3,6-7,9-10,18H,4-5H2,1H3,(H2,13,14,15);4-5H,1-2H3. The lowest BCUT2D eigenvalue weighted by Crippen LogP contribution is -2.15. The number of aliphatic hydroxyl groups is 2. The number of ether oxygens (including phenoxy) is 1. The summed E-state index contributed by atoms with van der Waals surface area (Å²) >= 11 is 4.32. The van der Waals surface area contributed by atoms with E-state index < -0.39 is 5.79 Å². The molecule has 3 heterocycles. The lowest BCUT2D eigenvalue weighted by molar-refractivity contribution is -0.127. The lowest BCUT2D eigenvalue weighted by atomic mass is 10.1. The fraction of sp³-hybridized carbons (Fsp3) is 0.600. The van der Waals surface area contributed by atoms with Crippen LogP contribution in [-0.2, 0) is 4.74 Å². The SMILES string of the molecule is CC(C)(O)O.CC1CC(n2ccc3c(N)ncnc32)OC1CS. The molecule has 8 heteroatoms. The highest BCUT2D eigenvalue weighted by Gasteiger charge is 2.32. The molecule has 2 aromatic heterocycles. The van der Waals surface area contributed by atoms with E-state index in [1.54, 1.807) is 0 Å². The quantitative estimate of drug-likeness (QED) is 0.488. The Labute approximate surface area is 140 Å². The summed E-state index contributed by atoms with van der Waals surface area (Å²) < 4.78 is 8.04. The first-order chi connectivity index (χ1) is 10.7. The number of rotatable bonds is 2. The Balaban J connectivity index is 0.000000338. The number of nitrogens with zero attached hydrogens (tertiary/aromatic N) is 3. The maximum absolute atomic E-state index is 8.08. The van der Waals surface area contributed by atoms with E-state index in [4.69, 9.17) is 20.7 Å². The fourth-order valence-corrected chi connectivity index (χ4v) is 2.93. The van der Waals surface area contributed by atoms with Gasteiger partial charge in [-0.15, -0.1) is 0 Å². The molecule has 3 unspecified atom stereocenters. The molecule has 0 saturated carbocycles. The average molecular weight is 340 g/mol. The third-order valence-corrected chi connectivity index (χ3v) is 3.93. The third kappa shape index (κ3) is 4.57. The second-order valence-corrected chi connectivity index (χ2v) is 6.60. The second-order valence-electron chi connectivity index (χ2n) is 6.24. The van der Waals surface area contributed by atoms with Crippen LogP contribution in [0.1, 0.15) is 33.4 Å². The van der Waals surface area contributed by atoms with Crippen molar-refractivity contribution in [1.82, 2.24) is 14.5 Å². The Morgan fingerprint density at radius 3 is 2.65 bits per heavy atom. The topological polar surface area (TPSA) is 106 Å². The van der Waals surface area contributed by atoms with Gasteiger partial charge in [0.1, 0.15) is 24.0 Å². The summed E-state index contributed by atoms with van der Waals surface area (Å²) in [5.41, 5.74) is 6.66. The van der Waals surface area contributed by atoms with Gasteiger partial charge < -0.3 is 25.3 Å². The van der Waals surface area contributed by atoms with Crippen LogP contribution in [0.5, 0.6) is 0 Å². The number of aromatic nitrogens is 3. The van der Waals surface area contributed by atoms with E-state index in [9.17, 15) is 0 Å². The minimum atomic E-state index is -1.50. The number of nitrogen functional groups attached to an aromatic ring is 1. The molecule has 3 rings (SSSR count). The van der Waals surface area contributed by atoms with Crippen LogP contribution in [0.4, 0.5) is 5.82 Å². The van der Waals surface area contributed by atoms with Crippen molar-refractivity contribution in [2.24, 2.45) is 5.92 Å². The predicted octanol–water partition coefficient (Wildman–Crippen LogP) is 1.57. The molecule has 2 aromatic rings. The van der Waals surface area contributed by atoms with Crippen molar-refractivity contribution in [2.45, 2.75) is 45.3 Å². The monoisotopic (exact) mass is 340 g/mol. The van der Waals surface area contributed by atoms with Crippen LogP contribution in [0.15, 0.2) is 18.6 Å². The van der Waals surface area contributed by atoms with Gasteiger partial charge in [0, 0.05) is 11.9 Å². The molecule has 0 amide bonds. The molecule has 128 valence electrons. The fourth-order valence-electron chi connectivity index (χ4n) is 2.49. The predicted molar refractivity (Wildman–Crippen MR) is 92.0 cm³/mol. The van der Waals surface area contributed by atoms with Crippen molar-refractivity contribution in [3.63, 3.8) is 0 Å². The molecule has 3 atom stereocenters. The largest absolute Gasteiger partial charge is 0.383 e. The van der Waals surface area contributed by atoms with Crippen molar-refractivity contribution >= 4 is 29.5 Å². The number of thiol groups is 1. The number of anilines is 1. The summed E-state index contributed by atoms with van der Waals surface area (Å²) in [5, 5.41) is 17.0. The first-order valence-corrected chi connectivity index (χ1v) is 8.12. The van der Waals surface area contributed by atoms with Crippen molar-refractivity contribution in [3.8, 4) is 0 Å². The van der Waals surface area contributed by atoms with Crippen molar-refractivity contribution in [2.75, 3.05) is 11.5 Å². The van der Waals surface area contributed by atoms with E-state index >= 15 is 0 Å². The number of hydrogen-bond donors (Lipinski definition) is 4. The molecule has 0 bridgehead atoms. The van der Waals surface area contributed by atoms with Crippen LogP contribution < -0.4 is 5.73 Å². The Bertz CT molecular complexity index is 650. The molecule has 0 spiro atoms. The maximum Gasteiger partial charge on any atom is 0.156 e. The summed E-state index contributed by atoms with van der Waals surface area (Å²) in [6, 6.07) is 1.94. The zero-order chi connectivity index (χ0) is 17.2. The lowest BCUT2D eigenvalue weighted by Gasteiger charge is -2.14. The molecule has 0 radical (unpaired) electrons. The van der Waals surface area contributed by atoms with Crippen molar-refractivity contribution in [3.05, 3.63) is 18.6 Å². The van der Waals surface area contributed by atoms with Gasteiger partial charge in [-0.05, 0) is 32.3 Å². The van der Waals surface area contributed by atoms with Crippen molar-refractivity contribution < 1.29 is 14.9 Å². The summed E-state index contributed by atoms with van der Waals surface area (Å²) in [4.78, 5) is 8.29. The highest BCUT2D eigenvalue weighted by molar-refractivity contribution is 7.80. The Morgan fingerprint density at radius 2 is 2.09 bits per heavy atom. The summed E-state index contributed by atoms with van der Waals surface area (Å²) in [6.45, 7) is 4.79. The third-order valence-electron chi connectivity index (χ3n) is 3.57. The van der Waals surface area contributed by atoms with E-state index in [-0.39, 0.29) is 12.3 Å². The van der Waals surface area contributed by atoms with E-state index in [0.717, 1.165) is 23.2 Å². The molecular formula is C15H24N4O3S. The smallest absolute Gasteiger partial charge is 0.156 e. The minimum absolute atomic E-state index is 0.0175. The summed E-state index contributed by atoms with van der Waals surface area (Å²) in [6.07, 6.45) is 4.65. The highest BCUT2D eigenvalue weighted by Crippen LogP contribution is 2.35. The molecule has 1 aliphatic rings. The number of nitrogens with two attached hydrogens (primary N) is 1. The second kappa shape index (κ2) is 7.04. The van der Waals surface area contributed by atoms with Gasteiger partial charge in [0.2, 0.25) is 0 Å². The summed E-state index contributed by atoms with van der Waals surface area (Å²) in [5.74, 6) is 0.258. The van der Waals surface area contributed by atoms with E-state index in [1.807, 2.05) is 16.8 Å². The van der Waals surface area contributed by atoms with Gasteiger partial charge in [0.15, 0.2) is 5.79 Å². The molecule has 1 aliphatic heterocycles. The minimum Gasteiger partial charge on any atom is -0.383 e. The van der Waals surface area contributed by atoms with E-state index in [1.165, 1.54) is 20.2 Å². The van der Waals surface area contributed by atoms with Gasteiger partial charge in [-0.3, -0.25) is 0 Å². The van der Waals surface area contributed by atoms with Crippen molar-refractivity contribution in [1.29, 1.82) is 0 Å². The molecule has 4 N–H and O–H groups in total. The first-order valence-electron chi connectivity index (χ1n) is 7.48. The molecular weight excluding hydrogens is 316 g/mol. The van der Waals surface area contributed by atoms with Crippen LogP contribution >= 0.6 is 12.6 Å². The molecule has 0 aliphatic carbocycles. The number of hydrogen-bond acceptors (Lipinski definition) is 7. The average Bonchev–Trinajstić information content (AvgIpc) is 3.01. The van der Waals surface area contributed by atoms with Gasteiger partial charge in [-0.2, -0.15) is 12.6 Å². The van der Waals surface area contributed by atoms with Crippen LogP contribution in [0.3, 0.4) is 0 Å². The molecule has 0 aromatic carbocycles. The Kier molecular flexibility index (Phi) is 5.51. The summed E-state index contributed by atoms with van der Waals surface area (Å²) in [7, 11) is 0. The van der Waals surface area contributed by atoms with Crippen LogP contribution in [-0.4, -0.2) is 42.4 Å². The zero-order valence-corrected chi connectivity index (χ0v) is 14.4. The molecule has 23 heavy (non-hydrogen) atoms.